The molecule has 0 radical (unpaired) electrons. The highest BCUT2D eigenvalue weighted by Gasteiger charge is 2.45. The molecule has 1 aromatic heterocycles. The van der Waals surface area contributed by atoms with E-state index in [1.54, 1.807) is 31.1 Å². The Labute approximate surface area is 185 Å². The molecule has 31 heavy (non-hydrogen) atoms. The summed E-state index contributed by atoms with van der Waals surface area (Å²) in [6, 6.07) is 13.5. The topological polar surface area (TPSA) is 80.1 Å². The average Bonchev–Trinajstić information content (AvgIpc) is 3.16. The lowest BCUT2D eigenvalue weighted by atomic mass is 9.96. The van der Waals surface area contributed by atoms with Gasteiger partial charge < -0.3 is 5.32 Å². The van der Waals surface area contributed by atoms with E-state index < -0.39 is 10.8 Å². The SMILES string of the molecule is Cc1ccc(-n2cnnc2S[C@@H](C)C(=O)N2c3ccccc3NC(=O)C2(C)C)c(C)c1. The summed E-state index contributed by atoms with van der Waals surface area (Å²) in [6.07, 6.45) is 1.66. The first kappa shape index (κ1) is 21.1. The Morgan fingerprint density at radius 1 is 1.13 bits per heavy atom. The van der Waals surface area contributed by atoms with Crippen LogP contribution in [-0.2, 0) is 9.59 Å². The van der Waals surface area contributed by atoms with E-state index in [9.17, 15) is 9.59 Å². The van der Waals surface area contributed by atoms with Crippen LogP contribution in [0, 0.1) is 13.8 Å². The fraction of sp³-hybridized carbons (Fsp3) is 0.304. The van der Waals surface area contributed by atoms with Crippen LogP contribution in [0.25, 0.3) is 5.69 Å². The summed E-state index contributed by atoms with van der Waals surface area (Å²) in [6.45, 7) is 9.43. The molecule has 0 aliphatic carbocycles. The Morgan fingerprint density at radius 2 is 1.87 bits per heavy atom. The van der Waals surface area contributed by atoms with Crippen LogP contribution >= 0.6 is 11.8 Å². The number of hydrogen-bond donors (Lipinski definition) is 1. The van der Waals surface area contributed by atoms with Gasteiger partial charge in [-0.3, -0.25) is 19.1 Å². The summed E-state index contributed by atoms with van der Waals surface area (Å²) in [7, 11) is 0. The van der Waals surface area contributed by atoms with Crippen molar-refractivity contribution in [2.75, 3.05) is 10.2 Å². The lowest BCUT2D eigenvalue weighted by Gasteiger charge is -2.43. The van der Waals surface area contributed by atoms with Crippen molar-refractivity contribution in [3.05, 3.63) is 59.9 Å². The monoisotopic (exact) mass is 435 g/mol. The second-order valence-corrected chi connectivity index (χ2v) is 9.55. The van der Waals surface area contributed by atoms with Crippen LogP contribution in [0.3, 0.4) is 0 Å². The summed E-state index contributed by atoms with van der Waals surface area (Å²) in [4.78, 5) is 27.9. The van der Waals surface area contributed by atoms with Gasteiger partial charge in [-0.05, 0) is 58.4 Å². The predicted octanol–water partition coefficient (Wildman–Crippen LogP) is 4.13. The molecular formula is C23H25N5O2S. The van der Waals surface area contributed by atoms with E-state index in [0.717, 1.165) is 11.3 Å². The number of benzene rings is 2. The Bertz CT molecular complexity index is 1170. The molecule has 4 rings (SSSR count). The molecule has 8 heteroatoms. The number of anilines is 2. The summed E-state index contributed by atoms with van der Waals surface area (Å²) >= 11 is 1.33. The Morgan fingerprint density at radius 3 is 2.61 bits per heavy atom. The number of hydrogen-bond acceptors (Lipinski definition) is 5. The number of aryl methyl sites for hydroxylation is 2. The molecule has 2 amide bonds. The molecule has 0 unspecified atom stereocenters. The van der Waals surface area contributed by atoms with Crippen molar-refractivity contribution in [1.29, 1.82) is 0 Å². The van der Waals surface area contributed by atoms with Crippen LogP contribution in [0.4, 0.5) is 11.4 Å². The van der Waals surface area contributed by atoms with Crippen molar-refractivity contribution in [3.63, 3.8) is 0 Å². The van der Waals surface area contributed by atoms with Gasteiger partial charge in [0.05, 0.1) is 22.3 Å². The molecule has 1 atom stereocenters. The molecule has 0 saturated heterocycles. The molecular weight excluding hydrogens is 410 g/mol. The number of carbonyl (C=O) groups excluding carboxylic acids is 2. The van der Waals surface area contributed by atoms with Gasteiger partial charge in [-0.2, -0.15) is 0 Å². The van der Waals surface area contributed by atoms with Crippen LogP contribution in [0.2, 0.25) is 0 Å². The third-order valence-electron chi connectivity index (χ3n) is 5.49. The zero-order valence-corrected chi connectivity index (χ0v) is 19.0. The van der Waals surface area contributed by atoms with E-state index in [1.165, 1.54) is 17.3 Å². The van der Waals surface area contributed by atoms with E-state index >= 15 is 0 Å². The predicted molar refractivity (Wildman–Crippen MR) is 123 cm³/mol. The molecule has 2 heterocycles. The van der Waals surface area contributed by atoms with Crippen molar-refractivity contribution in [1.82, 2.24) is 14.8 Å². The Kier molecular flexibility index (Phi) is 5.35. The standard InChI is InChI=1S/C23H25N5O2S/c1-14-10-11-18(15(2)12-14)27-13-24-26-22(27)31-16(3)20(29)28-19-9-7-6-8-17(19)25-21(30)23(28,4)5/h6-13,16H,1-5H3,(H,25,30)/t16-/m0/s1. The van der Waals surface area contributed by atoms with Gasteiger partial charge in [0.1, 0.15) is 11.9 Å². The van der Waals surface area contributed by atoms with E-state index in [1.807, 2.05) is 55.7 Å². The maximum absolute atomic E-state index is 13.6. The second-order valence-electron chi connectivity index (χ2n) is 8.24. The normalized spacial score (nSPS) is 15.9. The summed E-state index contributed by atoms with van der Waals surface area (Å²) in [5.41, 5.74) is 3.57. The molecule has 7 nitrogen and oxygen atoms in total. The smallest absolute Gasteiger partial charge is 0.250 e. The number of para-hydroxylation sites is 2. The largest absolute Gasteiger partial charge is 0.322 e. The van der Waals surface area contributed by atoms with Crippen LogP contribution in [-0.4, -0.2) is 37.4 Å². The van der Waals surface area contributed by atoms with Gasteiger partial charge in [-0.15, -0.1) is 10.2 Å². The van der Waals surface area contributed by atoms with Crippen LogP contribution in [0.15, 0.2) is 53.9 Å². The third kappa shape index (κ3) is 3.72. The zero-order valence-electron chi connectivity index (χ0n) is 18.2. The number of rotatable bonds is 4. The van der Waals surface area contributed by atoms with Crippen molar-refractivity contribution >= 4 is 35.0 Å². The van der Waals surface area contributed by atoms with E-state index in [2.05, 4.69) is 21.6 Å². The molecule has 0 saturated carbocycles. The van der Waals surface area contributed by atoms with Crippen molar-refractivity contribution in [2.45, 2.75) is 50.6 Å². The lowest BCUT2D eigenvalue weighted by Crippen LogP contribution is -2.60. The first-order chi connectivity index (χ1) is 14.7. The second kappa shape index (κ2) is 7.85. The highest BCUT2D eigenvalue weighted by molar-refractivity contribution is 8.00. The molecule has 3 aromatic rings. The van der Waals surface area contributed by atoms with Gasteiger partial charge >= 0.3 is 0 Å². The van der Waals surface area contributed by atoms with E-state index in [-0.39, 0.29) is 11.8 Å². The van der Waals surface area contributed by atoms with Crippen LogP contribution < -0.4 is 10.2 Å². The minimum Gasteiger partial charge on any atom is -0.322 e. The fourth-order valence-electron chi connectivity index (χ4n) is 3.78. The molecule has 1 aliphatic heterocycles. The highest BCUT2D eigenvalue weighted by atomic mass is 32.2. The molecule has 0 spiro atoms. The maximum atomic E-state index is 13.6. The summed E-state index contributed by atoms with van der Waals surface area (Å²) in [5, 5.41) is 11.4. The molecule has 0 bridgehead atoms. The molecule has 0 fully saturated rings. The Hall–Kier alpha value is -3.13. The molecule has 2 aromatic carbocycles. The highest BCUT2D eigenvalue weighted by Crippen LogP contribution is 2.38. The Balaban J connectivity index is 1.65. The molecule has 1 aliphatic rings. The van der Waals surface area contributed by atoms with E-state index in [0.29, 0.717) is 16.5 Å². The van der Waals surface area contributed by atoms with Crippen molar-refractivity contribution in [2.24, 2.45) is 0 Å². The quantitative estimate of drug-likeness (QED) is 0.624. The summed E-state index contributed by atoms with van der Waals surface area (Å²) < 4.78 is 1.89. The van der Waals surface area contributed by atoms with Gasteiger partial charge in [-0.1, -0.05) is 41.6 Å². The number of nitrogens with one attached hydrogen (secondary N) is 1. The van der Waals surface area contributed by atoms with Gasteiger partial charge in [0.2, 0.25) is 11.8 Å². The maximum Gasteiger partial charge on any atom is 0.250 e. The van der Waals surface area contributed by atoms with Gasteiger partial charge in [0.15, 0.2) is 5.16 Å². The third-order valence-corrected chi connectivity index (χ3v) is 6.53. The average molecular weight is 436 g/mol. The molecule has 160 valence electrons. The van der Waals surface area contributed by atoms with Crippen molar-refractivity contribution < 1.29 is 9.59 Å². The first-order valence-electron chi connectivity index (χ1n) is 10.1. The minimum absolute atomic E-state index is 0.160. The van der Waals surface area contributed by atoms with E-state index in [4.69, 9.17) is 0 Å². The van der Waals surface area contributed by atoms with Crippen molar-refractivity contribution in [3.8, 4) is 5.69 Å². The van der Waals surface area contributed by atoms with Crippen LogP contribution in [0.5, 0.6) is 0 Å². The fourth-order valence-corrected chi connectivity index (χ4v) is 4.66. The minimum atomic E-state index is -1.01. The number of fused-ring (bicyclic) bond motifs is 1. The molecule has 1 N–H and O–H groups in total. The van der Waals surface area contributed by atoms with Gasteiger partial charge in [0.25, 0.3) is 0 Å². The summed E-state index contributed by atoms with van der Waals surface area (Å²) in [5.74, 6) is -0.373. The number of aromatic nitrogens is 3. The van der Waals surface area contributed by atoms with Gasteiger partial charge in [-0.25, -0.2) is 0 Å². The van der Waals surface area contributed by atoms with Gasteiger partial charge in [0, 0.05) is 0 Å². The van der Waals surface area contributed by atoms with Crippen LogP contribution in [0.1, 0.15) is 31.9 Å². The number of nitrogens with zero attached hydrogens (tertiary/aromatic N) is 4. The number of amides is 2. The zero-order chi connectivity index (χ0) is 22.3. The lowest BCUT2D eigenvalue weighted by molar-refractivity contribution is -0.126. The number of carbonyl (C=O) groups is 2. The number of thioether (sulfide) groups is 1. The first-order valence-corrected chi connectivity index (χ1v) is 11.0.